The van der Waals surface area contributed by atoms with Gasteiger partial charge in [-0.15, -0.1) is 0 Å². The number of rotatable bonds is 5. The fourth-order valence-electron chi connectivity index (χ4n) is 7.16. The highest BCUT2D eigenvalue weighted by Crippen LogP contribution is 2.48. The van der Waals surface area contributed by atoms with Gasteiger partial charge in [0.2, 0.25) is 11.3 Å². The number of aromatic hydroxyl groups is 1. The number of carbonyl (C=O) groups excluding carboxylic acids is 2. The second kappa shape index (κ2) is 11.2. The predicted molar refractivity (Wildman–Crippen MR) is 169 cm³/mol. The molecule has 3 aliphatic rings. The summed E-state index contributed by atoms with van der Waals surface area (Å²) in [5, 5.41) is 13.2. The first-order valence-corrected chi connectivity index (χ1v) is 15.4. The van der Waals surface area contributed by atoms with Crippen molar-refractivity contribution in [1.82, 2.24) is 29.4 Å². The number of piperazine rings is 1. The molecular weight excluding hydrogens is 631 g/mol. The van der Waals surface area contributed by atoms with Crippen LogP contribution in [0.2, 0.25) is 0 Å². The smallest absolute Gasteiger partial charge is 0.416 e. The molecule has 1 saturated carbocycles. The molecular formula is C32H32F3N9O4. The number of hydrogen-bond donors (Lipinski definition) is 2. The number of alkyl halides is 3. The number of carbonyl (C=O) groups is 2. The van der Waals surface area contributed by atoms with Crippen LogP contribution in [0.1, 0.15) is 39.4 Å². The Morgan fingerprint density at radius 3 is 2.60 bits per heavy atom. The van der Waals surface area contributed by atoms with Crippen molar-refractivity contribution in [2.24, 2.45) is 5.92 Å². The van der Waals surface area contributed by atoms with Gasteiger partial charge in [0, 0.05) is 38.6 Å². The van der Waals surface area contributed by atoms with E-state index in [1.54, 1.807) is 35.4 Å². The molecule has 4 aromatic rings. The Labute approximate surface area is 272 Å². The maximum Gasteiger partial charge on any atom is 0.416 e. The van der Waals surface area contributed by atoms with Crippen LogP contribution in [0.25, 0.3) is 11.2 Å². The van der Waals surface area contributed by atoms with Gasteiger partial charge in [-0.05, 0) is 56.4 Å². The standard InChI is InChI=1S/C32H32F3N9O4/c1-15-9-18(32(33,34)35)5-6-19(15)39-23(45)13-44-21-11-17-10-20-26(17)43(8-7-42(20)31(48)25-28(46)16(2)37-14-38-25)27(21)29(47)24-30(44)36-12-22(40-24)41(3)4/h5-6,9,12,14,17,20,26,46H,7-8,10-11,13H2,1-4H3,(H,39,45)/t17?,20-,26-/m1/s1. The first kappa shape index (κ1) is 31.3. The van der Waals surface area contributed by atoms with Crippen LogP contribution in [0.15, 0.2) is 35.5 Å². The molecule has 2 aliphatic heterocycles. The molecule has 2 amide bonds. The van der Waals surface area contributed by atoms with E-state index in [4.69, 9.17) is 0 Å². The van der Waals surface area contributed by atoms with Crippen molar-refractivity contribution in [1.29, 1.82) is 0 Å². The zero-order valence-corrected chi connectivity index (χ0v) is 26.5. The second-order valence-corrected chi connectivity index (χ2v) is 12.7. The third-order valence-corrected chi connectivity index (χ3v) is 9.59. The zero-order chi connectivity index (χ0) is 34.2. The Morgan fingerprint density at radius 2 is 1.90 bits per heavy atom. The number of halogens is 3. The van der Waals surface area contributed by atoms with Crippen LogP contribution < -0.4 is 20.5 Å². The van der Waals surface area contributed by atoms with Crippen LogP contribution in [0, 0.1) is 19.8 Å². The maximum atomic E-state index is 14.2. The summed E-state index contributed by atoms with van der Waals surface area (Å²) in [4.78, 5) is 63.9. The number of fused-ring (bicyclic) bond motifs is 3. The quantitative estimate of drug-likeness (QED) is 0.327. The molecule has 3 atom stereocenters. The molecule has 0 spiro atoms. The normalized spacial score (nSPS) is 19.8. The Kier molecular flexibility index (Phi) is 7.29. The molecule has 2 N–H and O–H groups in total. The first-order valence-electron chi connectivity index (χ1n) is 15.4. The summed E-state index contributed by atoms with van der Waals surface area (Å²) in [5.41, 5.74) is 0.880. The number of aromatic nitrogens is 5. The topological polar surface area (TPSA) is 150 Å². The van der Waals surface area contributed by atoms with Gasteiger partial charge >= 0.3 is 6.18 Å². The Bertz CT molecular complexity index is 2070. The van der Waals surface area contributed by atoms with Gasteiger partial charge in [0.25, 0.3) is 5.91 Å². The fraction of sp³-hybridized carbons (Fsp3) is 0.406. The lowest BCUT2D eigenvalue weighted by molar-refractivity contribution is -0.137. The van der Waals surface area contributed by atoms with Crippen molar-refractivity contribution in [3.8, 4) is 5.75 Å². The summed E-state index contributed by atoms with van der Waals surface area (Å²) >= 11 is 0. The van der Waals surface area contributed by atoms with Gasteiger partial charge in [0.15, 0.2) is 22.6 Å². The molecule has 1 unspecified atom stereocenters. The van der Waals surface area contributed by atoms with Crippen molar-refractivity contribution < 1.29 is 27.9 Å². The minimum atomic E-state index is -4.51. The summed E-state index contributed by atoms with van der Waals surface area (Å²) in [6, 6.07) is 2.71. The molecule has 7 rings (SSSR count). The molecule has 0 bridgehead atoms. The van der Waals surface area contributed by atoms with E-state index in [1.165, 1.54) is 25.5 Å². The number of amides is 2. The summed E-state index contributed by atoms with van der Waals surface area (Å²) in [6.07, 6.45) is -0.695. The van der Waals surface area contributed by atoms with E-state index in [2.05, 4.69) is 25.3 Å². The largest absolute Gasteiger partial charge is 0.504 e. The number of pyridine rings is 1. The van der Waals surface area contributed by atoms with E-state index in [0.29, 0.717) is 42.3 Å². The van der Waals surface area contributed by atoms with Gasteiger partial charge in [-0.1, -0.05) is 0 Å². The summed E-state index contributed by atoms with van der Waals surface area (Å²) in [6.45, 7) is 3.40. The van der Waals surface area contributed by atoms with E-state index in [9.17, 15) is 32.7 Å². The fourth-order valence-corrected chi connectivity index (χ4v) is 7.16. The minimum Gasteiger partial charge on any atom is -0.504 e. The van der Waals surface area contributed by atoms with Crippen molar-refractivity contribution >= 4 is 40.2 Å². The van der Waals surface area contributed by atoms with E-state index in [-0.39, 0.29) is 70.4 Å². The summed E-state index contributed by atoms with van der Waals surface area (Å²) in [7, 11) is 3.53. The van der Waals surface area contributed by atoms with E-state index in [1.807, 2.05) is 4.90 Å². The molecule has 16 heteroatoms. The Hall–Kier alpha value is -5.28. The SMILES string of the molecule is Cc1cc(C(F)(F)F)ccc1NC(=O)Cn1c2c(c(=O)c3nc(N(C)C)cnc31)N1CCN(C(=O)c3ncnc(C)c3O)[C@@H]3CC(C2)[C@H]31. The van der Waals surface area contributed by atoms with E-state index in [0.717, 1.165) is 12.1 Å². The monoisotopic (exact) mass is 663 g/mol. The third-order valence-electron chi connectivity index (χ3n) is 9.59. The van der Waals surface area contributed by atoms with Crippen molar-refractivity contribution in [3.63, 3.8) is 0 Å². The van der Waals surface area contributed by atoms with Crippen LogP contribution >= 0.6 is 0 Å². The van der Waals surface area contributed by atoms with Crippen LogP contribution in [-0.4, -0.2) is 85.6 Å². The molecule has 1 aromatic carbocycles. The molecule has 5 heterocycles. The van der Waals surface area contributed by atoms with Gasteiger partial charge in [-0.3, -0.25) is 14.4 Å². The molecule has 13 nitrogen and oxygen atoms in total. The van der Waals surface area contributed by atoms with Gasteiger partial charge in [-0.2, -0.15) is 13.2 Å². The Morgan fingerprint density at radius 1 is 1.12 bits per heavy atom. The highest BCUT2D eigenvalue weighted by atomic mass is 19.4. The summed E-state index contributed by atoms with van der Waals surface area (Å²) < 4.78 is 41.3. The molecule has 1 aliphatic carbocycles. The average Bonchev–Trinajstić information content (AvgIpc) is 3.02. The number of anilines is 3. The average molecular weight is 664 g/mol. The number of hydrogen-bond acceptors (Lipinski definition) is 10. The van der Waals surface area contributed by atoms with Crippen molar-refractivity contribution in [3.05, 3.63) is 69.2 Å². The third kappa shape index (κ3) is 4.97. The first-order chi connectivity index (χ1) is 22.7. The van der Waals surface area contributed by atoms with Crippen LogP contribution in [0.5, 0.6) is 5.75 Å². The Balaban J connectivity index is 1.25. The zero-order valence-electron chi connectivity index (χ0n) is 26.5. The lowest BCUT2D eigenvalue weighted by Crippen LogP contribution is -2.72. The van der Waals surface area contributed by atoms with Gasteiger partial charge in [0.1, 0.15) is 24.4 Å². The highest BCUT2D eigenvalue weighted by Gasteiger charge is 2.55. The van der Waals surface area contributed by atoms with Gasteiger partial charge in [-0.25, -0.2) is 19.9 Å². The molecule has 3 aromatic heterocycles. The predicted octanol–water partition coefficient (Wildman–Crippen LogP) is 2.90. The van der Waals surface area contributed by atoms with Gasteiger partial charge < -0.3 is 29.7 Å². The molecule has 1 saturated heterocycles. The number of aryl methyl sites for hydroxylation is 2. The van der Waals surface area contributed by atoms with Crippen molar-refractivity contribution in [2.75, 3.05) is 42.3 Å². The number of nitrogens with zero attached hydrogens (tertiary/aromatic N) is 8. The van der Waals surface area contributed by atoms with Crippen molar-refractivity contribution in [2.45, 2.75) is 51.5 Å². The molecule has 48 heavy (non-hydrogen) atoms. The number of benzene rings is 1. The van der Waals surface area contributed by atoms with Crippen LogP contribution in [0.3, 0.4) is 0 Å². The molecule has 2 fully saturated rings. The van der Waals surface area contributed by atoms with Gasteiger partial charge in [0.05, 0.1) is 29.5 Å². The minimum absolute atomic E-state index is 0.0520. The lowest BCUT2D eigenvalue weighted by atomic mass is 9.67. The molecule has 250 valence electrons. The highest BCUT2D eigenvalue weighted by molar-refractivity contribution is 5.96. The van der Waals surface area contributed by atoms with Crippen LogP contribution in [-0.2, 0) is 23.9 Å². The lowest BCUT2D eigenvalue weighted by Gasteiger charge is -2.61. The second-order valence-electron chi connectivity index (χ2n) is 12.7. The summed E-state index contributed by atoms with van der Waals surface area (Å²) in [5.74, 6) is -0.672. The molecule has 0 radical (unpaired) electrons. The van der Waals surface area contributed by atoms with E-state index >= 15 is 0 Å². The van der Waals surface area contributed by atoms with Crippen LogP contribution in [0.4, 0.5) is 30.4 Å². The maximum absolute atomic E-state index is 14.2. The number of nitrogens with one attached hydrogen (secondary N) is 1. The van der Waals surface area contributed by atoms with E-state index < -0.39 is 23.6 Å².